The number of esters is 1. The monoisotopic (exact) mass is 280 g/mol. The van der Waals surface area contributed by atoms with E-state index in [0.29, 0.717) is 19.3 Å². The van der Waals surface area contributed by atoms with Crippen LogP contribution in [0, 0.1) is 5.92 Å². The van der Waals surface area contributed by atoms with Crippen LogP contribution in [0.25, 0.3) is 5.53 Å². The van der Waals surface area contributed by atoms with E-state index in [2.05, 4.69) is 9.53 Å². The van der Waals surface area contributed by atoms with Crippen molar-refractivity contribution in [3.8, 4) is 0 Å². The van der Waals surface area contributed by atoms with Gasteiger partial charge in [-0.2, -0.15) is 4.79 Å². The second-order valence-corrected chi connectivity index (χ2v) is 4.99. The summed E-state index contributed by atoms with van der Waals surface area (Å²) in [7, 11) is 0. The summed E-state index contributed by atoms with van der Waals surface area (Å²) in [5.74, 6) is -1.03. The highest BCUT2D eigenvalue weighted by molar-refractivity contribution is 6.62. The highest BCUT2D eigenvalue weighted by atomic mass is 16.5. The smallest absolute Gasteiger partial charge is 0.441 e. The van der Waals surface area contributed by atoms with Crippen LogP contribution in [-0.2, 0) is 19.1 Å². The van der Waals surface area contributed by atoms with Gasteiger partial charge in [0.15, 0.2) is 0 Å². The zero-order valence-electron chi connectivity index (χ0n) is 11.8. The van der Waals surface area contributed by atoms with Crippen molar-refractivity contribution < 1.29 is 23.9 Å². The maximum absolute atomic E-state index is 11.8. The van der Waals surface area contributed by atoms with Crippen LogP contribution < -0.4 is 0 Å². The molecule has 6 heteroatoms. The van der Waals surface area contributed by atoms with E-state index in [1.807, 2.05) is 0 Å². The molecule has 0 amide bonds. The Hall–Kier alpha value is -1.81. The van der Waals surface area contributed by atoms with Crippen LogP contribution in [0.5, 0.6) is 0 Å². The molecule has 0 bridgehead atoms. The van der Waals surface area contributed by atoms with Crippen LogP contribution in [0.15, 0.2) is 0 Å². The Kier molecular flexibility index (Phi) is 6.81. The Morgan fingerprint density at radius 1 is 1.40 bits per heavy atom. The van der Waals surface area contributed by atoms with Crippen LogP contribution in [0.4, 0.5) is 0 Å². The first-order chi connectivity index (χ1) is 9.58. The predicted octanol–water partition coefficient (Wildman–Crippen LogP) is 1.72. The summed E-state index contributed by atoms with van der Waals surface area (Å²) < 4.78 is 4.64. The lowest BCUT2D eigenvalue weighted by Gasteiger charge is -2.11. The SMILES string of the molecule is CCOC(=O)C(=[N+]=[N-])C(=O)CCC1CCCCC(=O)C1. The second kappa shape index (κ2) is 8.38. The average molecular weight is 280 g/mol. The fourth-order valence-electron chi connectivity index (χ4n) is 2.39. The Bertz CT molecular complexity index is 438. The van der Waals surface area contributed by atoms with Crippen molar-refractivity contribution in [3.05, 3.63) is 5.53 Å². The largest absolute Gasteiger partial charge is 0.457 e. The van der Waals surface area contributed by atoms with Crippen molar-refractivity contribution in [3.63, 3.8) is 0 Å². The van der Waals surface area contributed by atoms with Gasteiger partial charge in [0.2, 0.25) is 0 Å². The van der Waals surface area contributed by atoms with Crippen LogP contribution in [-0.4, -0.2) is 34.6 Å². The Morgan fingerprint density at radius 3 is 2.80 bits per heavy atom. The van der Waals surface area contributed by atoms with Crippen LogP contribution in [0.3, 0.4) is 0 Å². The highest BCUT2D eigenvalue weighted by Gasteiger charge is 2.31. The molecule has 0 aliphatic heterocycles. The minimum atomic E-state index is -0.906. The normalized spacial score (nSPS) is 18.9. The third-order valence-electron chi connectivity index (χ3n) is 3.45. The van der Waals surface area contributed by atoms with Gasteiger partial charge in [0.1, 0.15) is 5.78 Å². The van der Waals surface area contributed by atoms with Crippen LogP contribution in [0.1, 0.15) is 51.9 Å². The zero-order valence-corrected chi connectivity index (χ0v) is 11.8. The molecule has 0 aromatic rings. The Morgan fingerprint density at radius 2 is 2.15 bits per heavy atom. The number of ketones is 2. The molecule has 6 nitrogen and oxygen atoms in total. The number of ether oxygens (including phenoxy) is 1. The van der Waals surface area contributed by atoms with Gasteiger partial charge < -0.3 is 10.3 Å². The second-order valence-electron chi connectivity index (χ2n) is 4.99. The molecule has 0 aromatic heterocycles. The number of carbonyl (C=O) groups is 3. The molecule has 1 unspecified atom stereocenters. The van der Waals surface area contributed by atoms with E-state index in [4.69, 9.17) is 5.53 Å². The molecule has 0 saturated heterocycles. The van der Waals surface area contributed by atoms with Gasteiger partial charge in [0, 0.05) is 19.3 Å². The first kappa shape index (κ1) is 16.2. The zero-order chi connectivity index (χ0) is 15.0. The van der Waals surface area contributed by atoms with E-state index in [1.165, 1.54) is 0 Å². The number of rotatable bonds is 6. The maximum atomic E-state index is 11.8. The summed E-state index contributed by atoms with van der Waals surface area (Å²) in [6.45, 7) is 1.72. The van der Waals surface area contributed by atoms with Crippen molar-refractivity contribution in [2.75, 3.05) is 6.61 Å². The summed E-state index contributed by atoms with van der Waals surface area (Å²) in [5.41, 5.74) is 8.17. The first-order valence-electron chi connectivity index (χ1n) is 7.02. The quantitative estimate of drug-likeness (QED) is 0.185. The molecule has 0 spiro atoms. The summed E-state index contributed by atoms with van der Waals surface area (Å²) in [5, 5.41) is 0. The molecule has 0 radical (unpaired) electrons. The van der Waals surface area contributed by atoms with E-state index in [9.17, 15) is 14.4 Å². The van der Waals surface area contributed by atoms with Gasteiger partial charge in [0.05, 0.1) is 6.61 Å². The molecule has 1 atom stereocenters. The van der Waals surface area contributed by atoms with Crippen molar-refractivity contribution >= 4 is 23.2 Å². The topological polar surface area (TPSA) is 96.8 Å². The summed E-state index contributed by atoms with van der Waals surface area (Å²) in [6.07, 6.45) is 4.57. The lowest BCUT2D eigenvalue weighted by Crippen LogP contribution is -2.27. The molecule has 0 N–H and O–H groups in total. The van der Waals surface area contributed by atoms with E-state index in [0.717, 1.165) is 19.3 Å². The predicted molar refractivity (Wildman–Crippen MR) is 71.1 cm³/mol. The number of carbonyl (C=O) groups excluding carboxylic acids is 3. The van der Waals surface area contributed by atoms with Crippen LogP contribution >= 0.6 is 0 Å². The van der Waals surface area contributed by atoms with Gasteiger partial charge in [-0.25, -0.2) is 4.79 Å². The molecule has 20 heavy (non-hydrogen) atoms. The number of hydrogen-bond donors (Lipinski definition) is 0. The molecule has 110 valence electrons. The fraction of sp³-hybridized carbons (Fsp3) is 0.714. The van der Waals surface area contributed by atoms with Crippen molar-refractivity contribution in [2.45, 2.75) is 51.9 Å². The maximum Gasteiger partial charge on any atom is 0.441 e. The minimum Gasteiger partial charge on any atom is -0.457 e. The first-order valence-corrected chi connectivity index (χ1v) is 7.02. The summed E-state index contributed by atoms with van der Waals surface area (Å²) in [4.78, 5) is 37.4. The highest BCUT2D eigenvalue weighted by Crippen LogP contribution is 2.24. The average Bonchev–Trinajstić information content (AvgIpc) is 2.62. The fourth-order valence-corrected chi connectivity index (χ4v) is 2.39. The third-order valence-corrected chi connectivity index (χ3v) is 3.45. The number of hydrogen-bond acceptors (Lipinski definition) is 4. The van der Waals surface area contributed by atoms with Gasteiger partial charge in [-0.3, -0.25) is 9.59 Å². The van der Waals surface area contributed by atoms with E-state index < -0.39 is 17.5 Å². The summed E-state index contributed by atoms with van der Waals surface area (Å²) in [6, 6.07) is 0. The third kappa shape index (κ3) is 5.05. The van der Waals surface area contributed by atoms with Gasteiger partial charge in [-0.1, -0.05) is 6.42 Å². The van der Waals surface area contributed by atoms with E-state index in [1.54, 1.807) is 6.92 Å². The number of nitrogens with zero attached hydrogens (tertiary/aromatic N) is 2. The molecule has 1 saturated carbocycles. The molecule has 1 aliphatic carbocycles. The molecule has 1 rings (SSSR count). The minimum absolute atomic E-state index is 0.0934. The van der Waals surface area contributed by atoms with Crippen molar-refractivity contribution in [2.24, 2.45) is 5.92 Å². The molecule has 0 aromatic carbocycles. The Balaban J connectivity index is 2.51. The lowest BCUT2D eigenvalue weighted by atomic mass is 9.93. The van der Waals surface area contributed by atoms with E-state index >= 15 is 0 Å². The Labute approximate surface area is 118 Å². The molecular weight excluding hydrogens is 260 g/mol. The molecule has 0 heterocycles. The van der Waals surface area contributed by atoms with Gasteiger partial charge in [-0.05, 0) is 32.1 Å². The lowest BCUT2D eigenvalue weighted by molar-refractivity contribution is -0.141. The van der Waals surface area contributed by atoms with Gasteiger partial charge in [-0.15, -0.1) is 0 Å². The molecular formula is C14H20N2O4. The van der Waals surface area contributed by atoms with Crippen molar-refractivity contribution in [1.29, 1.82) is 0 Å². The molecule has 1 fully saturated rings. The standard InChI is InChI=1S/C14H20N2O4/c1-2-20-14(19)13(16-15)12(18)8-7-10-5-3-4-6-11(17)9-10/h10H,2-9H2,1H3. The van der Waals surface area contributed by atoms with Crippen LogP contribution in [0.2, 0.25) is 0 Å². The molecule has 1 aliphatic rings. The van der Waals surface area contributed by atoms with Gasteiger partial charge in [0.25, 0.3) is 5.78 Å². The number of Topliss-reactive ketones (excluding diaryl/α,β-unsaturated/α-hetero) is 2. The summed E-state index contributed by atoms with van der Waals surface area (Å²) >= 11 is 0. The van der Waals surface area contributed by atoms with E-state index in [-0.39, 0.29) is 24.7 Å². The van der Waals surface area contributed by atoms with Gasteiger partial charge >= 0.3 is 11.7 Å². The van der Waals surface area contributed by atoms with Crippen molar-refractivity contribution in [1.82, 2.24) is 0 Å².